The highest BCUT2D eigenvalue weighted by Gasteiger charge is 2.38. The molecule has 1 heterocycles. The van der Waals surface area contributed by atoms with Gasteiger partial charge < -0.3 is 15.1 Å². The molecule has 2 atom stereocenters. The molecule has 21 heavy (non-hydrogen) atoms. The van der Waals surface area contributed by atoms with Gasteiger partial charge in [-0.05, 0) is 36.0 Å². The number of aliphatic hydroxyl groups is 1. The first-order valence-electron chi connectivity index (χ1n) is 7.35. The predicted molar refractivity (Wildman–Crippen MR) is 75.9 cm³/mol. The number of aliphatic carboxylic acids is 1. The average Bonchev–Trinajstić information content (AvgIpc) is 3.04. The van der Waals surface area contributed by atoms with E-state index in [0.29, 0.717) is 0 Å². The Labute approximate surface area is 123 Å². The summed E-state index contributed by atoms with van der Waals surface area (Å²) < 4.78 is 0. The third kappa shape index (κ3) is 2.78. The van der Waals surface area contributed by atoms with E-state index in [0.717, 1.165) is 24.8 Å². The van der Waals surface area contributed by atoms with E-state index in [9.17, 15) is 14.7 Å². The lowest BCUT2D eigenvalue weighted by Gasteiger charge is -2.21. The second-order valence-corrected chi connectivity index (χ2v) is 5.92. The molecule has 0 radical (unpaired) electrons. The number of likely N-dealkylation sites (tertiary alicyclic amines) is 1. The van der Waals surface area contributed by atoms with Crippen LogP contribution in [0.3, 0.4) is 0 Å². The molecule has 1 aliphatic carbocycles. The molecule has 0 spiro atoms. The Morgan fingerprint density at radius 3 is 2.76 bits per heavy atom. The highest BCUT2D eigenvalue weighted by Crippen LogP contribution is 2.24. The Morgan fingerprint density at radius 1 is 1.24 bits per heavy atom. The Balaban J connectivity index is 1.72. The molecule has 1 amide bonds. The molecule has 3 rings (SSSR count). The van der Waals surface area contributed by atoms with E-state index in [-0.39, 0.29) is 25.3 Å². The van der Waals surface area contributed by atoms with Crippen LogP contribution in [-0.4, -0.2) is 45.7 Å². The average molecular weight is 289 g/mol. The maximum absolute atomic E-state index is 12.3. The molecular weight excluding hydrogens is 270 g/mol. The van der Waals surface area contributed by atoms with Gasteiger partial charge in [-0.25, -0.2) is 4.79 Å². The van der Waals surface area contributed by atoms with E-state index in [1.807, 2.05) is 6.07 Å². The van der Waals surface area contributed by atoms with Crippen LogP contribution in [-0.2, 0) is 28.9 Å². The van der Waals surface area contributed by atoms with Crippen LogP contribution in [0.5, 0.6) is 0 Å². The molecule has 1 saturated heterocycles. The molecule has 1 aliphatic heterocycles. The first-order chi connectivity index (χ1) is 10.0. The van der Waals surface area contributed by atoms with Crippen LogP contribution in [0.4, 0.5) is 0 Å². The van der Waals surface area contributed by atoms with Gasteiger partial charge in [0.05, 0.1) is 12.5 Å². The van der Waals surface area contributed by atoms with Crippen molar-refractivity contribution in [2.45, 2.75) is 44.2 Å². The number of aliphatic hydroxyl groups excluding tert-OH is 1. The molecule has 2 N–H and O–H groups in total. The number of carbonyl (C=O) groups is 2. The normalized spacial score (nSPS) is 24.1. The van der Waals surface area contributed by atoms with Gasteiger partial charge in [0.15, 0.2) is 0 Å². The number of β-amino-alcohol motifs (C(OH)–C–C–N with tert-alkyl or cyclic N) is 1. The fourth-order valence-corrected chi connectivity index (χ4v) is 3.33. The number of fused-ring (bicyclic) bond motifs is 1. The second-order valence-electron chi connectivity index (χ2n) is 5.92. The molecule has 1 fully saturated rings. The molecule has 0 saturated carbocycles. The highest BCUT2D eigenvalue weighted by molar-refractivity contribution is 5.85. The highest BCUT2D eigenvalue weighted by atomic mass is 16.4. The number of hydrogen-bond acceptors (Lipinski definition) is 3. The van der Waals surface area contributed by atoms with Gasteiger partial charge >= 0.3 is 5.97 Å². The first kappa shape index (κ1) is 14.1. The summed E-state index contributed by atoms with van der Waals surface area (Å²) in [6.45, 7) is 0.112. The number of carboxylic acids is 1. The molecule has 2 aliphatic rings. The molecule has 0 unspecified atom stereocenters. The summed E-state index contributed by atoms with van der Waals surface area (Å²) in [6, 6.07) is 5.17. The lowest BCUT2D eigenvalue weighted by Crippen LogP contribution is -2.41. The van der Waals surface area contributed by atoms with Gasteiger partial charge in [-0.2, -0.15) is 0 Å². The van der Waals surface area contributed by atoms with Crippen LogP contribution in [0.15, 0.2) is 18.2 Å². The van der Waals surface area contributed by atoms with Crippen molar-refractivity contribution in [1.82, 2.24) is 4.90 Å². The van der Waals surface area contributed by atoms with E-state index in [1.165, 1.54) is 16.0 Å². The number of benzene rings is 1. The standard InChI is InChI=1S/C16H19NO4/c18-13-8-14(16(20)21)17(9-13)15(19)7-10-4-5-11-2-1-3-12(11)6-10/h4-6,13-14,18H,1-3,7-9H2,(H,20,21)/t13-,14-/m0/s1. The summed E-state index contributed by atoms with van der Waals surface area (Å²) >= 11 is 0. The third-order valence-electron chi connectivity index (χ3n) is 4.40. The minimum absolute atomic E-state index is 0.112. The summed E-state index contributed by atoms with van der Waals surface area (Å²) in [7, 11) is 0. The Hall–Kier alpha value is -1.88. The number of aryl methyl sites for hydroxylation is 2. The Morgan fingerprint density at radius 2 is 2.00 bits per heavy atom. The third-order valence-corrected chi connectivity index (χ3v) is 4.40. The van der Waals surface area contributed by atoms with E-state index < -0.39 is 18.1 Å². The van der Waals surface area contributed by atoms with Gasteiger partial charge in [0, 0.05) is 13.0 Å². The van der Waals surface area contributed by atoms with Gasteiger partial charge in [-0.15, -0.1) is 0 Å². The number of carbonyl (C=O) groups excluding carboxylic acids is 1. The summed E-state index contributed by atoms with van der Waals surface area (Å²) in [5.74, 6) is -1.27. The SMILES string of the molecule is O=C(O)[C@@H]1C[C@H](O)CN1C(=O)Cc1ccc2c(c1)CCC2. The Kier molecular flexibility index (Phi) is 3.68. The molecule has 0 bridgehead atoms. The van der Waals surface area contributed by atoms with Crippen molar-refractivity contribution in [3.63, 3.8) is 0 Å². The predicted octanol–water partition coefficient (Wildman–Crippen LogP) is 0.764. The van der Waals surface area contributed by atoms with Crippen LogP contribution in [0.1, 0.15) is 29.5 Å². The minimum Gasteiger partial charge on any atom is -0.480 e. The maximum atomic E-state index is 12.3. The summed E-state index contributed by atoms with van der Waals surface area (Å²) in [5.41, 5.74) is 3.58. The second kappa shape index (κ2) is 5.48. The van der Waals surface area contributed by atoms with E-state index in [4.69, 9.17) is 5.11 Å². The zero-order chi connectivity index (χ0) is 15.0. The zero-order valence-corrected chi connectivity index (χ0v) is 11.8. The maximum Gasteiger partial charge on any atom is 0.326 e. The molecule has 112 valence electrons. The van der Waals surface area contributed by atoms with E-state index in [1.54, 1.807) is 0 Å². The molecule has 1 aromatic carbocycles. The largest absolute Gasteiger partial charge is 0.480 e. The molecule has 0 aromatic heterocycles. The topological polar surface area (TPSA) is 77.8 Å². The smallest absolute Gasteiger partial charge is 0.326 e. The Bertz CT molecular complexity index is 584. The van der Waals surface area contributed by atoms with Crippen LogP contribution < -0.4 is 0 Å². The molecular formula is C16H19NO4. The fourth-order valence-electron chi connectivity index (χ4n) is 3.33. The van der Waals surface area contributed by atoms with Gasteiger partial charge in [-0.3, -0.25) is 4.79 Å². The summed E-state index contributed by atoms with van der Waals surface area (Å²) in [6.07, 6.45) is 2.89. The number of carboxylic acid groups (broad SMARTS) is 1. The number of amides is 1. The van der Waals surface area contributed by atoms with Crippen molar-refractivity contribution in [3.05, 3.63) is 34.9 Å². The molecule has 5 nitrogen and oxygen atoms in total. The van der Waals surface area contributed by atoms with Gasteiger partial charge in [-0.1, -0.05) is 18.2 Å². The van der Waals surface area contributed by atoms with Crippen LogP contribution in [0.2, 0.25) is 0 Å². The number of nitrogens with zero attached hydrogens (tertiary/aromatic N) is 1. The van der Waals surface area contributed by atoms with Crippen molar-refractivity contribution in [2.75, 3.05) is 6.54 Å². The van der Waals surface area contributed by atoms with Crippen molar-refractivity contribution in [2.24, 2.45) is 0 Å². The van der Waals surface area contributed by atoms with Gasteiger partial charge in [0.2, 0.25) is 5.91 Å². The lowest BCUT2D eigenvalue weighted by molar-refractivity contribution is -0.148. The number of rotatable bonds is 3. The van der Waals surface area contributed by atoms with E-state index in [2.05, 4.69) is 12.1 Å². The monoisotopic (exact) mass is 289 g/mol. The van der Waals surface area contributed by atoms with Crippen molar-refractivity contribution >= 4 is 11.9 Å². The van der Waals surface area contributed by atoms with Gasteiger partial charge in [0.1, 0.15) is 6.04 Å². The first-order valence-corrected chi connectivity index (χ1v) is 7.35. The summed E-state index contributed by atoms with van der Waals surface area (Å²) in [5, 5.41) is 18.7. The zero-order valence-electron chi connectivity index (χ0n) is 11.8. The fraction of sp³-hybridized carbons (Fsp3) is 0.500. The molecule has 5 heteroatoms. The lowest BCUT2D eigenvalue weighted by atomic mass is 10.0. The van der Waals surface area contributed by atoms with Crippen LogP contribution in [0.25, 0.3) is 0 Å². The van der Waals surface area contributed by atoms with Crippen molar-refractivity contribution < 1.29 is 19.8 Å². The van der Waals surface area contributed by atoms with Crippen LogP contribution >= 0.6 is 0 Å². The van der Waals surface area contributed by atoms with Gasteiger partial charge in [0.25, 0.3) is 0 Å². The van der Waals surface area contributed by atoms with Crippen molar-refractivity contribution in [3.8, 4) is 0 Å². The van der Waals surface area contributed by atoms with Crippen LogP contribution in [0, 0.1) is 0 Å². The minimum atomic E-state index is -1.05. The summed E-state index contributed by atoms with van der Waals surface area (Å²) in [4.78, 5) is 24.8. The quantitative estimate of drug-likeness (QED) is 0.861. The van der Waals surface area contributed by atoms with Crippen molar-refractivity contribution in [1.29, 1.82) is 0 Å². The van der Waals surface area contributed by atoms with E-state index >= 15 is 0 Å². The number of hydrogen-bond donors (Lipinski definition) is 2. The molecule has 1 aromatic rings.